The molecule has 0 fully saturated rings. The maximum Gasteiger partial charge on any atom is 0.0931 e. The number of hydrogen-bond donors (Lipinski definition) is 1. The second-order valence-corrected chi connectivity index (χ2v) is 6.23. The number of aromatic nitrogens is 1. The molecule has 0 amide bonds. The van der Waals surface area contributed by atoms with Gasteiger partial charge in [-0.2, -0.15) is 0 Å². The van der Waals surface area contributed by atoms with Gasteiger partial charge in [0.2, 0.25) is 0 Å². The SMILES string of the molecule is NC(Cc1ccc(Cl)s1)c1nccc2ccccc12. The van der Waals surface area contributed by atoms with Crippen molar-refractivity contribution < 1.29 is 0 Å². The highest BCUT2D eigenvalue weighted by atomic mass is 35.5. The lowest BCUT2D eigenvalue weighted by Crippen LogP contribution is -2.14. The monoisotopic (exact) mass is 288 g/mol. The van der Waals surface area contributed by atoms with E-state index in [9.17, 15) is 0 Å². The predicted molar refractivity (Wildman–Crippen MR) is 81.7 cm³/mol. The molecule has 3 aromatic rings. The van der Waals surface area contributed by atoms with Gasteiger partial charge in [0.15, 0.2) is 0 Å². The van der Waals surface area contributed by atoms with Crippen LogP contribution in [0.2, 0.25) is 4.34 Å². The maximum atomic E-state index is 6.30. The van der Waals surface area contributed by atoms with E-state index in [4.69, 9.17) is 17.3 Å². The van der Waals surface area contributed by atoms with Gasteiger partial charge in [-0.3, -0.25) is 4.98 Å². The van der Waals surface area contributed by atoms with Gasteiger partial charge < -0.3 is 5.73 Å². The molecule has 0 aliphatic carbocycles. The van der Waals surface area contributed by atoms with Gasteiger partial charge in [0, 0.05) is 22.9 Å². The number of thiophene rings is 1. The summed E-state index contributed by atoms with van der Waals surface area (Å²) in [4.78, 5) is 5.64. The topological polar surface area (TPSA) is 38.9 Å². The summed E-state index contributed by atoms with van der Waals surface area (Å²) < 4.78 is 0.799. The second-order valence-electron chi connectivity index (χ2n) is 4.43. The van der Waals surface area contributed by atoms with E-state index >= 15 is 0 Å². The highest BCUT2D eigenvalue weighted by Crippen LogP contribution is 2.27. The standard InChI is InChI=1S/C15H13ClN2S/c16-14-6-5-11(19-14)9-13(17)15-12-4-2-1-3-10(12)7-8-18-15/h1-8,13H,9,17H2. The van der Waals surface area contributed by atoms with Gasteiger partial charge in [0.05, 0.1) is 16.1 Å². The molecule has 0 spiro atoms. The average Bonchev–Trinajstić information content (AvgIpc) is 2.83. The predicted octanol–water partition coefficient (Wildman–Crippen LogP) is 4.19. The summed E-state index contributed by atoms with van der Waals surface area (Å²) in [6, 6.07) is 14.0. The van der Waals surface area contributed by atoms with E-state index in [1.807, 2.05) is 36.5 Å². The van der Waals surface area contributed by atoms with Crippen LogP contribution in [0.25, 0.3) is 10.8 Å². The van der Waals surface area contributed by atoms with Crippen LogP contribution in [0.5, 0.6) is 0 Å². The van der Waals surface area contributed by atoms with E-state index in [1.165, 1.54) is 10.3 Å². The maximum absolute atomic E-state index is 6.30. The number of fused-ring (bicyclic) bond motifs is 1. The number of nitrogens with zero attached hydrogens (tertiary/aromatic N) is 1. The molecule has 19 heavy (non-hydrogen) atoms. The molecule has 2 N–H and O–H groups in total. The van der Waals surface area contributed by atoms with E-state index in [2.05, 4.69) is 17.1 Å². The molecule has 0 radical (unpaired) electrons. The number of hydrogen-bond acceptors (Lipinski definition) is 3. The Balaban J connectivity index is 1.95. The minimum atomic E-state index is -0.110. The minimum Gasteiger partial charge on any atom is -0.322 e. The Hall–Kier alpha value is -1.42. The lowest BCUT2D eigenvalue weighted by molar-refractivity contribution is 0.711. The molecule has 0 saturated carbocycles. The van der Waals surface area contributed by atoms with Crippen LogP contribution in [0.4, 0.5) is 0 Å². The summed E-state index contributed by atoms with van der Waals surface area (Å²) in [5.74, 6) is 0. The summed E-state index contributed by atoms with van der Waals surface area (Å²) >= 11 is 7.52. The Morgan fingerprint density at radius 2 is 2.00 bits per heavy atom. The van der Waals surface area contributed by atoms with Crippen molar-refractivity contribution in [2.24, 2.45) is 5.73 Å². The van der Waals surface area contributed by atoms with E-state index in [1.54, 1.807) is 11.3 Å². The van der Waals surface area contributed by atoms with E-state index in [-0.39, 0.29) is 6.04 Å². The Bertz CT molecular complexity index is 703. The molecule has 0 aliphatic heterocycles. The number of halogens is 1. The summed E-state index contributed by atoms with van der Waals surface area (Å²) in [6.45, 7) is 0. The van der Waals surface area contributed by atoms with Crippen LogP contribution in [0, 0.1) is 0 Å². The van der Waals surface area contributed by atoms with Gasteiger partial charge in [-0.1, -0.05) is 35.9 Å². The Morgan fingerprint density at radius 1 is 1.16 bits per heavy atom. The molecule has 2 nitrogen and oxygen atoms in total. The summed E-state index contributed by atoms with van der Waals surface area (Å²) in [5.41, 5.74) is 7.25. The van der Waals surface area contributed by atoms with Crippen molar-refractivity contribution >= 4 is 33.7 Å². The van der Waals surface area contributed by atoms with Crippen LogP contribution < -0.4 is 5.73 Å². The average molecular weight is 289 g/mol. The zero-order valence-electron chi connectivity index (χ0n) is 10.2. The largest absolute Gasteiger partial charge is 0.322 e. The molecule has 1 atom stereocenters. The van der Waals surface area contributed by atoms with Gasteiger partial charge in [0.25, 0.3) is 0 Å². The van der Waals surface area contributed by atoms with Crippen LogP contribution in [0.3, 0.4) is 0 Å². The summed E-state index contributed by atoms with van der Waals surface area (Å²) in [7, 11) is 0. The van der Waals surface area contributed by atoms with Gasteiger partial charge in [0.1, 0.15) is 0 Å². The Kier molecular flexibility index (Phi) is 3.51. The summed E-state index contributed by atoms with van der Waals surface area (Å²) in [5, 5.41) is 2.30. The van der Waals surface area contributed by atoms with Crippen molar-refractivity contribution in [3.63, 3.8) is 0 Å². The summed E-state index contributed by atoms with van der Waals surface area (Å²) in [6.07, 6.45) is 2.58. The number of nitrogens with two attached hydrogens (primary N) is 1. The molecule has 0 aliphatic rings. The fraction of sp³-hybridized carbons (Fsp3) is 0.133. The van der Waals surface area contributed by atoms with E-state index < -0.39 is 0 Å². The fourth-order valence-electron chi connectivity index (χ4n) is 2.21. The highest BCUT2D eigenvalue weighted by molar-refractivity contribution is 7.16. The normalized spacial score (nSPS) is 12.7. The molecule has 2 heterocycles. The Morgan fingerprint density at radius 3 is 2.79 bits per heavy atom. The second kappa shape index (κ2) is 5.29. The first-order valence-electron chi connectivity index (χ1n) is 6.07. The molecule has 4 heteroatoms. The van der Waals surface area contributed by atoms with Crippen molar-refractivity contribution in [1.82, 2.24) is 4.98 Å². The van der Waals surface area contributed by atoms with E-state index in [0.717, 1.165) is 21.8 Å². The molecular formula is C15H13ClN2S. The van der Waals surface area contributed by atoms with E-state index in [0.29, 0.717) is 0 Å². The number of benzene rings is 1. The van der Waals surface area contributed by atoms with Crippen molar-refractivity contribution in [2.45, 2.75) is 12.5 Å². The van der Waals surface area contributed by atoms with Crippen molar-refractivity contribution in [2.75, 3.05) is 0 Å². The molecule has 1 unspecified atom stereocenters. The molecule has 96 valence electrons. The van der Waals surface area contributed by atoms with Crippen molar-refractivity contribution in [3.8, 4) is 0 Å². The van der Waals surface area contributed by atoms with Crippen LogP contribution >= 0.6 is 22.9 Å². The molecule has 1 aromatic carbocycles. The quantitative estimate of drug-likeness (QED) is 0.785. The first-order chi connectivity index (χ1) is 9.24. The highest BCUT2D eigenvalue weighted by Gasteiger charge is 2.13. The first-order valence-corrected chi connectivity index (χ1v) is 7.27. The first kappa shape index (κ1) is 12.6. The third kappa shape index (κ3) is 2.63. The van der Waals surface area contributed by atoms with Gasteiger partial charge in [-0.05, 0) is 23.6 Å². The van der Waals surface area contributed by atoms with Gasteiger partial charge in [-0.25, -0.2) is 0 Å². The van der Waals surface area contributed by atoms with Gasteiger partial charge in [-0.15, -0.1) is 11.3 Å². The Labute approximate surface area is 120 Å². The van der Waals surface area contributed by atoms with Gasteiger partial charge >= 0.3 is 0 Å². The number of rotatable bonds is 3. The zero-order valence-corrected chi connectivity index (χ0v) is 11.8. The van der Waals surface area contributed by atoms with Crippen LogP contribution in [-0.4, -0.2) is 4.98 Å². The number of pyridine rings is 1. The molecule has 3 rings (SSSR count). The molecular weight excluding hydrogens is 276 g/mol. The smallest absolute Gasteiger partial charge is 0.0931 e. The van der Waals surface area contributed by atoms with Crippen LogP contribution in [-0.2, 0) is 6.42 Å². The fourth-order valence-corrected chi connectivity index (χ4v) is 3.36. The molecule has 0 saturated heterocycles. The van der Waals surface area contributed by atoms with Crippen molar-refractivity contribution in [1.29, 1.82) is 0 Å². The third-order valence-corrected chi connectivity index (χ3v) is 4.36. The molecule has 0 bridgehead atoms. The zero-order chi connectivity index (χ0) is 13.2. The minimum absolute atomic E-state index is 0.110. The lowest BCUT2D eigenvalue weighted by Gasteiger charge is -2.12. The lowest BCUT2D eigenvalue weighted by atomic mass is 10.0. The van der Waals surface area contributed by atoms with Crippen LogP contribution in [0.15, 0.2) is 48.7 Å². The van der Waals surface area contributed by atoms with Crippen LogP contribution in [0.1, 0.15) is 16.6 Å². The molecule has 2 aromatic heterocycles. The third-order valence-electron chi connectivity index (χ3n) is 3.11. The van der Waals surface area contributed by atoms with Crippen molar-refractivity contribution in [3.05, 3.63) is 63.6 Å².